The molecule has 0 aromatic carbocycles. The van der Waals surface area contributed by atoms with Crippen molar-refractivity contribution in [1.29, 1.82) is 0 Å². The highest BCUT2D eigenvalue weighted by Gasteiger charge is 2.38. The molecule has 0 aromatic rings. The van der Waals surface area contributed by atoms with Crippen LogP contribution in [0.25, 0.3) is 0 Å². The van der Waals surface area contributed by atoms with E-state index in [0.29, 0.717) is 19.6 Å². The second kappa shape index (κ2) is 3.15. The third-order valence-electron chi connectivity index (χ3n) is 2.17. The molecule has 0 amide bonds. The van der Waals surface area contributed by atoms with Gasteiger partial charge in [-0.05, 0) is 26.7 Å². The number of carbonyl (C=O) groups excluding carboxylic acids is 1. The fraction of sp³-hybridized carbons (Fsp3) is 0.889. The predicted octanol–water partition coefficient (Wildman–Crippen LogP) is 0.753. The van der Waals surface area contributed by atoms with Crippen LogP contribution in [0.4, 0.5) is 0 Å². The molecule has 0 saturated carbocycles. The number of carbonyl (C=O) groups is 1. The molecule has 1 N–H and O–H groups in total. The van der Waals surface area contributed by atoms with Gasteiger partial charge in [-0.25, -0.2) is 0 Å². The molecule has 0 bridgehead atoms. The Hall–Kier alpha value is -0.410. The minimum atomic E-state index is -0.783. The molecular formula is C9H16O3. The zero-order valence-electron chi connectivity index (χ0n) is 7.67. The van der Waals surface area contributed by atoms with Gasteiger partial charge in [-0.3, -0.25) is 0 Å². The maximum absolute atomic E-state index is 10.8. The van der Waals surface area contributed by atoms with Crippen molar-refractivity contribution in [3.8, 4) is 0 Å². The highest BCUT2D eigenvalue weighted by molar-refractivity contribution is 5.60. The van der Waals surface area contributed by atoms with E-state index in [1.807, 2.05) is 0 Å². The van der Waals surface area contributed by atoms with Crippen molar-refractivity contribution < 1.29 is 14.6 Å². The number of rotatable bonds is 3. The van der Waals surface area contributed by atoms with Crippen LogP contribution in [0.1, 0.15) is 26.7 Å². The van der Waals surface area contributed by atoms with Crippen LogP contribution in [0.5, 0.6) is 0 Å². The van der Waals surface area contributed by atoms with Crippen LogP contribution in [-0.4, -0.2) is 30.2 Å². The predicted molar refractivity (Wildman–Crippen MR) is 44.8 cm³/mol. The van der Waals surface area contributed by atoms with Gasteiger partial charge in [0.1, 0.15) is 6.29 Å². The number of ether oxygens (including phenoxy) is 1. The van der Waals surface area contributed by atoms with Gasteiger partial charge >= 0.3 is 0 Å². The minimum Gasteiger partial charge on any atom is -0.390 e. The monoisotopic (exact) mass is 172 g/mol. The Morgan fingerprint density at radius 2 is 2.33 bits per heavy atom. The Kier molecular flexibility index (Phi) is 2.54. The van der Waals surface area contributed by atoms with E-state index in [4.69, 9.17) is 4.74 Å². The molecule has 3 heteroatoms. The van der Waals surface area contributed by atoms with Crippen LogP contribution in [-0.2, 0) is 9.53 Å². The standard InChI is InChI=1S/C9H16O3/c1-8(2,11)5-9(6-10)3-4-12-7-9/h6,11H,3-5,7H2,1-2H3. The average Bonchev–Trinajstić information content (AvgIpc) is 2.34. The van der Waals surface area contributed by atoms with Gasteiger partial charge in [0, 0.05) is 6.61 Å². The summed E-state index contributed by atoms with van der Waals surface area (Å²) in [5, 5.41) is 9.56. The summed E-state index contributed by atoms with van der Waals surface area (Å²) in [5.74, 6) is 0. The molecule has 70 valence electrons. The quantitative estimate of drug-likeness (QED) is 0.639. The van der Waals surface area contributed by atoms with Crippen LogP contribution in [0.3, 0.4) is 0 Å². The molecule has 3 nitrogen and oxygen atoms in total. The van der Waals surface area contributed by atoms with E-state index in [1.54, 1.807) is 13.8 Å². The van der Waals surface area contributed by atoms with Gasteiger partial charge in [-0.15, -0.1) is 0 Å². The van der Waals surface area contributed by atoms with Crippen LogP contribution in [0.15, 0.2) is 0 Å². The molecule has 1 fully saturated rings. The van der Waals surface area contributed by atoms with Gasteiger partial charge in [-0.2, -0.15) is 0 Å². The van der Waals surface area contributed by atoms with Crippen molar-refractivity contribution in [2.75, 3.05) is 13.2 Å². The fourth-order valence-electron chi connectivity index (χ4n) is 1.76. The number of hydrogen-bond acceptors (Lipinski definition) is 3. The van der Waals surface area contributed by atoms with Crippen LogP contribution in [0.2, 0.25) is 0 Å². The number of aldehydes is 1. The second-order valence-electron chi connectivity index (χ2n) is 4.27. The summed E-state index contributed by atoms with van der Waals surface area (Å²) in [5.41, 5.74) is -1.22. The van der Waals surface area contributed by atoms with Crippen LogP contribution in [0, 0.1) is 5.41 Å². The van der Waals surface area contributed by atoms with Crippen LogP contribution < -0.4 is 0 Å². The highest BCUT2D eigenvalue weighted by Crippen LogP contribution is 2.34. The van der Waals surface area contributed by atoms with Gasteiger partial charge < -0.3 is 14.6 Å². The van der Waals surface area contributed by atoms with Gasteiger partial charge in [0.05, 0.1) is 17.6 Å². The third kappa shape index (κ3) is 2.29. The first-order chi connectivity index (χ1) is 5.47. The summed E-state index contributed by atoms with van der Waals surface area (Å²) in [6, 6.07) is 0. The lowest BCUT2D eigenvalue weighted by Gasteiger charge is -2.28. The van der Waals surface area contributed by atoms with E-state index in [0.717, 1.165) is 12.7 Å². The molecule has 1 aliphatic heterocycles. The number of hydrogen-bond donors (Lipinski definition) is 1. The van der Waals surface area contributed by atoms with E-state index in [-0.39, 0.29) is 0 Å². The summed E-state index contributed by atoms with van der Waals surface area (Å²) >= 11 is 0. The first kappa shape index (κ1) is 9.68. The lowest BCUT2D eigenvalue weighted by Crippen LogP contribution is -2.33. The Bertz CT molecular complexity index is 163. The minimum absolute atomic E-state index is 0.432. The molecular weight excluding hydrogens is 156 g/mol. The highest BCUT2D eigenvalue weighted by atomic mass is 16.5. The van der Waals surface area contributed by atoms with Gasteiger partial charge in [0.2, 0.25) is 0 Å². The second-order valence-corrected chi connectivity index (χ2v) is 4.27. The third-order valence-corrected chi connectivity index (χ3v) is 2.17. The largest absolute Gasteiger partial charge is 0.390 e. The van der Waals surface area contributed by atoms with Crippen molar-refractivity contribution >= 4 is 6.29 Å². The zero-order valence-corrected chi connectivity index (χ0v) is 7.67. The summed E-state index contributed by atoms with van der Waals surface area (Å²) < 4.78 is 5.15. The first-order valence-corrected chi connectivity index (χ1v) is 4.24. The summed E-state index contributed by atoms with van der Waals surface area (Å²) in [6.07, 6.45) is 2.15. The Balaban J connectivity index is 2.62. The Labute approximate surface area is 72.7 Å². The SMILES string of the molecule is CC(C)(O)CC1(C=O)CCOC1. The number of aliphatic hydroxyl groups is 1. The molecule has 0 spiro atoms. The lowest BCUT2D eigenvalue weighted by molar-refractivity contribution is -0.119. The van der Waals surface area contributed by atoms with Crippen LogP contribution >= 0.6 is 0 Å². The maximum Gasteiger partial charge on any atom is 0.128 e. The molecule has 1 saturated heterocycles. The molecule has 1 rings (SSSR count). The lowest BCUT2D eigenvalue weighted by atomic mass is 9.79. The molecule has 0 aromatic heterocycles. The molecule has 1 atom stereocenters. The molecule has 0 radical (unpaired) electrons. The molecule has 1 heterocycles. The topological polar surface area (TPSA) is 46.5 Å². The van der Waals surface area contributed by atoms with Gasteiger partial charge in [-0.1, -0.05) is 0 Å². The molecule has 1 unspecified atom stereocenters. The van der Waals surface area contributed by atoms with Crippen molar-refractivity contribution in [2.45, 2.75) is 32.3 Å². The first-order valence-electron chi connectivity index (χ1n) is 4.24. The summed E-state index contributed by atoms with van der Waals surface area (Å²) in [4.78, 5) is 10.8. The van der Waals surface area contributed by atoms with E-state index in [1.165, 1.54) is 0 Å². The average molecular weight is 172 g/mol. The normalized spacial score (nSPS) is 30.6. The van der Waals surface area contributed by atoms with Gasteiger partial charge in [0.15, 0.2) is 0 Å². The summed E-state index contributed by atoms with van der Waals surface area (Å²) in [6.45, 7) is 4.53. The van der Waals surface area contributed by atoms with E-state index in [9.17, 15) is 9.90 Å². The Morgan fingerprint density at radius 3 is 2.67 bits per heavy atom. The van der Waals surface area contributed by atoms with E-state index < -0.39 is 11.0 Å². The van der Waals surface area contributed by atoms with Crippen molar-refractivity contribution in [1.82, 2.24) is 0 Å². The molecule has 1 aliphatic rings. The van der Waals surface area contributed by atoms with Crippen molar-refractivity contribution in [2.24, 2.45) is 5.41 Å². The zero-order chi connectivity index (χ0) is 9.24. The molecule has 12 heavy (non-hydrogen) atoms. The fourth-order valence-corrected chi connectivity index (χ4v) is 1.76. The van der Waals surface area contributed by atoms with Gasteiger partial charge in [0.25, 0.3) is 0 Å². The Morgan fingerprint density at radius 1 is 1.67 bits per heavy atom. The van der Waals surface area contributed by atoms with Crippen molar-refractivity contribution in [3.05, 3.63) is 0 Å². The molecule has 0 aliphatic carbocycles. The summed E-state index contributed by atoms with van der Waals surface area (Å²) in [7, 11) is 0. The van der Waals surface area contributed by atoms with Crippen molar-refractivity contribution in [3.63, 3.8) is 0 Å². The van der Waals surface area contributed by atoms with E-state index in [2.05, 4.69) is 0 Å². The smallest absolute Gasteiger partial charge is 0.128 e. The van der Waals surface area contributed by atoms with E-state index >= 15 is 0 Å². The maximum atomic E-state index is 10.8.